The molecule has 1 heterocycles. The third-order valence-corrected chi connectivity index (χ3v) is 5.19. The molecule has 0 saturated carbocycles. The number of carbonyl (C=O) groups excluding carboxylic acids is 2. The summed E-state index contributed by atoms with van der Waals surface area (Å²) in [6.07, 6.45) is 13.4. The summed E-state index contributed by atoms with van der Waals surface area (Å²) in [5.41, 5.74) is 0. The molecule has 0 amide bonds. The molecule has 0 aliphatic carbocycles. The second-order valence-electron chi connectivity index (χ2n) is 7.80. The second kappa shape index (κ2) is 18.1. The minimum atomic E-state index is -1.42. The summed E-state index contributed by atoms with van der Waals surface area (Å²) in [5.74, 6) is -3.21. The monoisotopic (exact) mass is 456 g/mol. The molecule has 0 fully saturated rings. The Balaban J connectivity index is 0.00000841. The van der Waals surface area contributed by atoms with Gasteiger partial charge in [0.1, 0.15) is 12.7 Å². The predicted octanol–water partition coefficient (Wildman–Crippen LogP) is 3.71. The van der Waals surface area contributed by atoms with Crippen LogP contribution in [0.15, 0.2) is 11.5 Å². The third kappa shape index (κ3) is 12.4. The predicted molar refractivity (Wildman–Crippen MR) is 118 cm³/mol. The molecule has 1 aliphatic rings. The average Bonchev–Trinajstić information content (AvgIpc) is 2.97. The van der Waals surface area contributed by atoms with Crippen LogP contribution in [0, 0.1) is 0 Å². The number of hydrogen-bond donors (Lipinski definition) is 3. The fourth-order valence-corrected chi connectivity index (χ4v) is 3.35. The van der Waals surface area contributed by atoms with E-state index in [-0.39, 0.29) is 44.2 Å². The molecule has 0 aromatic heterocycles. The van der Waals surface area contributed by atoms with E-state index >= 15 is 0 Å². The van der Waals surface area contributed by atoms with Crippen LogP contribution in [-0.2, 0) is 19.1 Å². The van der Waals surface area contributed by atoms with E-state index < -0.39 is 42.3 Å². The van der Waals surface area contributed by atoms with Crippen LogP contribution in [0.5, 0.6) is 0 Å². The van der Waals surface area contributed by atoms with Crippen molar-refractivity contribution in [2.75, 3.05) is 6.61 Å². The molecule has 0 aromatic rings. The molecule has 8 heteroatoms. The number of hydrogen-bond acceptors (Lipinski definition) is 7. The molecule has 0 radical (unpaired) electrons. The van der Waals surface area contributed by atoms with E-state index in [1.807, 2.05) is 0 Å². The molecule has 1 rings (SSSR count). The summed E-state index contributed by atoms with van der Waals surface area (Å²) < 4.78 is 9.55. The number of unbranched alkanes of at least 4 members (excludes halogenated alkanes) is 12. The SMILES string of the molecule is CCCCCCCCCCCCCCCC(=O)OC[C@H](O)[C@H]1OC(=O)C(O)=C1O.[CaH2]. The van der Waals surface area contributed by atoms with E-state index in [1.165, 1.54) is 64.2 Å². The van der Waals surface area contributed by atoms with E-state index in [0.29, 0.717) is 0 Å². The Labute approximate surface area is 210 Å². The fraction of sp³-hybridized carbons (Fsp3) is 0.818. The molecule has 0 spiro atoms. The minimum absolute atomic E-state index is 0. The van der Waals surface area contributed by atoms with Crippen LogP contribution in [0.2, 0.25) is 0 Å². The molecular formula is C22H40CaO7. The van der Waals surface area contributed by atoms with E-state index in [2.05, 4.69) is 11.7 Å². The van der Waals surface area contributed by atoms with Crippen molar-refractivity contribution < 1.29 is 34.4 Å². The van der Waals surface area contributed by atoms with Crippen molar-refractivity contribution in [2.45, 2.75) is 109 Å². The topological polar surface area (TPSA) is 113 Å². The van der Waals surface area contributed by atoms with Gasteiger partial charge in [0.15, 0.2) is 11.9 Å². The number of aliphatic hydroxyl groups excluding tert-OH is 3. The van der Waals surface area contributed by atoms with Crippen molar-refractivity contribution >= 4 is 49.7 Å². The summed E-state index contributed by atoms with van der Waals surface area (Å²) in [7, 11) is 0. The van der Waals surface area contributed by atoms with E-state index in [4.69, 9.17) is 4.74 Å². The van der Waals surface area contributed by atoms with Crippen molar-refractivity contribution in [1.29, 1.82) is 0 Å². The van der Waals surface area contributed by atoms with Gasteiger partial charge in [-0.1, -0.05) is 84.0 Å². The van der Waals surface area contributed by atoms with Crippen molar-refractivity contribution in [3.63, 3.8) is 0 Å². The molecule has 1 aliphatic heterocycles. The Morgan fingerprint density at radius 3 is 1.83 bits per heavy atom. The van der Waals surface area contributed by atoms with Gasteiger partial charge in [0, 0.05) is 6.42 Å². The number of carbonyl (C=O) groups is 2. The quantitative estimate of drug-likeness (QED) is 0.174. The van der Waals surface area contributed by atoms with Crippen molar-refractivity contribution in [2.24, 2.45) is 0 Å². The van der Waals surface area contributed by atoms with E-state index in [9.17, 15) is 24.9 Å². The Hall–Kier alpha value is -0.500. The Bertz CT molecular complexity index is 522. The van der Waals surface area contributed by atoms with Crippen LogP contribution in [0.3, 0.4) is 0 Å². The van der Waals surface area contributed by atoms with Gasteiger partial charge in [0.25, 0.3) is 0 Å². The van der Waals surface area contributed by atoms with Gasteiger partial charge in [0.05, 0.1) is 0 Å². The van der Waals surface area contributed by atoms with Crippen molar-refractivity contribution in [3.05, 3.63) is 11.5 Å². The van der Waals surface area contributed by atoms with Crippen molar-refractivity contribution in [1.82, 2.24) is 0 Å². The number of aliphatic hydroxyl groups is 3. The summed E-state index contributed by atoms with van der Waals surface area (Å²) in [6, 6.07) is 0. The van der Waals surface area contributed by atoms with Crippen LogP contribution < -0.4 is 0 Å². The molecular weight excluding hydrogens is 416 g/mol. The zero-order chi connectivity index (χ0) is 21.5. The van der Waals surface area contributed by atoms with Gasteiger partial charge in [-0.15, -0.1) is 0 Å². The molecule has 0 bridgehead atoms. The molecule has 2 atom stereocenters. The standard InChI is InChI=1S/C22H38O7.Ca.2H/c1-2-3-4-5-6-7-8-9-10-11-12-13-14-15-18(24)28-16-17(23)21-19(25)20(26)22(27)29-21;;;/h17,21,23,25-26H,2-16H2,1H3;;;/t17-,21+;;;/m0.../s1. The molecule has 172 valence electrons. The summed E-state index contributed by atoms with van der Waals surface area (Å²) in [5, 5.41) is 28.5. The maximum atomic E-state index is 11.7. The van der Waals surface area contributed by atoms with Gasteiger partial charge in [0.2, 0.25) is 5.76 Å². The summed E-state index contributed by atoms with van der Waals surface area (Å²) in [6.45, 7) is 1.83. The number of esters is 2. The first kappa shape index (κ1) is 29.5. The van der Waals surface area contributed by atoms with Crippen LogP contribution in [0.25, 0.3) is 0 Å². The van der Waals surface area contributed by atoms with Crippen LogP contribution in [-0.4, -0.2) is 83.8 Å². The van der Waals surface area contributed by atoms with Crippen LogP contribution in [0.1, 0.15) is 96.8 Å². The normalized spacial score (nSPS) is 16.9. The van der Waals surface area contributed by atoms with Crippen LogP contribution in [0.4, 0.5) is 0 Å². The van der Waals surface area contributed by atoms with Crippen LogP contribution >= 0.6 is 0 Å². The van der Waals surface area contributed by atoms with E-state index in [1.54, 1.807) is 0 Å². The Kier molecular flexibility index (Phi) is 17.8. The van der Waals surface area contributed by atoms with Gasteiger partial charge >= 0.3 is 49.7 Å². The zero-order valence-corrected chi connectivity index (χ0v) is 17.7. The van der Waals surface area contributed by atoms with Gasteiger partial charge < -0.3 is 24.8 Å². The first-order valence-electron chi connectivity index (χ1n) is 11.1. The molecule has 0 saturated heterocycles. The first-order valence-corrected chi connectivity index (χ1v) is 11.1. The fourth-order valence-electron chi connectivity index (χ4n) is 3.35. The molecule has 3 N–H and O–H groups in total. The molecule has 0 unspecified atom stereocenters. The van der Waals surface area contributed by atoms with Gasteiger partial charge in [-0.25, -0.2) is 4.79 Å². The molecule has 30 heavy (non-hydrogen) atoms. The zero-order valence-electron chi connectivity index (χ0n) is 17.7. The van der Waals surface area contributed by atoms with Gasteiger partial charge in [-0.05, 0) is 6.42 Å². The number of ether oxygens (including phenoxy) is 2. The second-order valence-corrected chi connectivity index (χ2v) is 7.80. The third-order valence-electron chi connectivity index (χ3n) is 5.19. The van der Waals surface area contributed by atoms with E-state index in [0.717, 1.165) is 19.3 Å². The Morgan fingerprint density at radius 1 is 0.933 bits per heavy atom. The van der Waals surface area contributed by atoms with Gasteiger partial charge in [-0.2, -0.15) is 0 Å². The number of cyclic esters (lactones) is 1. The molecule has 7 nitrogen and oxygen atoms in total. The number of rotatable bonds is 17. The van der Waals surface area contributed by atoms with Gasteiger partial charge in [-0.3, -0.25) is 4.79 Å². The average molecular weight is 457 g/mol. The molecule has 0 aromatic carbocycles. The summed E-state index contributed by atoms with van der Waals surface area (Å²) in [4.78, 5) is 22.8. The van der Waals surface area contributed by atoms with Crippen molar-refractivity contribution in [3.8, 4) is 0 Å². The maximum absolute atomic E-state index is 11.7. The Morgan fingerprint density at radius 2 is 1.40 bits per heavy atom. The first-order chi connectivity index (χ1) is 14.0. The summed E-state index contributed by atoms with van der Waals surface area (Å²) >= 11 is 0.